The molecule has 0 spiro atoms. The Balaban J connectivity index is 2.24. The van der Waals surface area contributed by atoms with E-state index in [1.807, 2.05) is 0 Å². The van der Waals surface area contributed by atoms with Crippen LogP contribution < -0.4 is 9.62 Å². The number of rotatable bonds is 11. The molecule has 2 aromatic rings. The van der Waals surface area contributed by atoms with Gasteiger partial charge in [0, 0.05) is 47.2 Å². The number of anilines is 1. The molecule has 0 heterocycles. The molecule has 0 radical (unpaired) electrons. The first-order valence-electron chi connectivity index (χ1n) is 11.2. The van der Waals surface area contributed by atoms with Crippen molar-refractivity contribution in [2.24, 2.45) is 0 Å². The molecule has 2 amide bonds. The molecule has 0 bridgehead atoms. The highest BCUT2D eigenvalue weighted by Crippen LogP contribution is 2.27. The third kappa shape index (κ3) is 8.04. The molecule has 36 heavy (non-hydrogen) atoms. The van der Waals surface area contributed by atoms with Gasteiger partial charge in [-0.15, -0.1) is 0 Å². The van der Waals surface area contributed by atoms with Gasteiger partial charge in [0.2, 0.25) is 21.8 Å². The van der Waals surface area contributed by atoms with Gasteiger partial charge < -0.3 is 10.2 Å². The fourth-order valence-corrected chi connectivity index (χ4v) is 4.96. The normalized spacial score (nSPS) is 12.4. The highest BCUT2D eigenvalue weighted by Gasteiger charge is 2.28. The molecule has 198 valence electrons. The van der Waals surface area contributed by atoms with Crippen molar-refractivity contribution < 1.29 is 26.8 Å². The molecule has 0 fully saturated rings. The minimum absolute atomic E-state index is 0.0387. The fraction of sp³-hybridized carbons (Fsp3) is 0.417. The van der Waals surface area contributed by atoms with Gasteiger partial charge in [0.15, 0.2) is 11.6 Å². The Morgan fingerprint density at radius 3 is 2.17 bits per heavy atom. The molecular weight excluding hydrogens is 535 g/mol. The summed E-state index contributed by atoms with van der Waals surface area (Å²) in [5.74, 6) is -3.10. The zero-order chi connectivity index (χ0) is 27.2. The summed E-state index contributed by atoms with van der Waals surface area (Å²) in [6, 6.07) is 6.63. The van der Waals surface area contributed by atoms with Gasteiger partial charge in [0.1, 0.15) is 6.04 Å². The van der Waals surface area contributed by atoms with Crippen molar-refractivity contribution in [2.75, 3.05) is 17.1 Å². The summed E-state index contributed by atoms with van der Waals surface area (Å²) in [7, 11) is -3.85. The Labute approximate surface area is 220 Å². The van der Waals surface area contributed by atoms with Crippen LogP contribution in [0.1, 0.15) is 39.2 Å². The number of hydrogen-bond acceptors (Lipinski definition) is 4. The molecule has 1 N–H and O–H groups in total. The Bertz CT molecular complexity index is 1190. The average molecular weight is 564 g/mol. The van der Waals surface area contributed by atoms with Gasteiger partial charge in [-0.2, -0.15) is 0 Å². The summed E-state index contributed by atoms with van der Waals surface area (Å²) < 4.78 is 52.5. The second-order valence-electron chi connectivity index (χ2n) is 8.60. The number of sulfonamides is 1. The van der Waals surface area contributed by atoms with Crippen LogP contribution in [-0.2, 0) is 26.2 Å². The Hall–Kier alpha value is -2.43. The van der Waals surface area contributed by atoms with Crippen molar-refractivity contribution in [1.29, 1.82) is 0 Å². The predicted octanol–water partition coefficient (Wildman–Crippen LogP) is 4.76. The van der Waals surface area contributed by atoms with Gasteiger partial charge in [-0.05, 0) is 51.5 Å². The monoisotopic (exact) mass is 563 g/mol. The van der Waals surface area contributed by atoms with Gasteiger partial charge in [0.25, 0.3) is 0 Å². The van der Waals surface area contributed by atoms with Crippen LogP contribution in [0.2, 0.25) is 10.0 Å². The number of carbonyl (C=O) groups is 2. The van der Waals surface area contributed by atoms with Gasteiger partial charge in [0.05, 0.1) is 11.9 Å². The molecule has 0 aliphatic carbocycles. The summed E-state index contributed by atoms with van der Waals surface area (Å²) in [5.41, 5.74) is 0.408. The number of carbonyl (C=O) groups excluding carboxylic acids is 2. The number of nitrogens with one attached hydrogen (secondary N) is 1. The van der Waals surface area contributed by atoms with Gasteiger partial charge >= 0.3 is 0 Å². The fourth-order valence-electron chi connectivity index (χ4n) is 3.49. The number of halogens is 4. The molecule has 0 aliphatic heterocycles. The van der Waals surface area contributed by atoms with Crippen molar-refractivity contribution in [3.63, 3.8) is 0 Å². The maximum atomic E-state index is 13.7. The largest absolute Gasteiger partial charge is 0.352 e. The van der Waals surface area contributed by atoms with Crippen LogP contribution in [0.15, 0.2) is 36.4 Å². The van der Waals surface area contributed by atoms with Gasteiger partial charge in [-0.1, -0.05) is 29.3 Å². The third-order valence-corrected chi connectivity index (χ3v) is 7.23. The van der Waals surface area contributed by atoms with Crippen molar-refractivity contribution in [2.45, 2.75) is 52.2 Å². The lowest BCUT2D eigenvalue weighted by molar-refractivity contribution is -0.140. The summed E-state index contributed by atoms with van der Waals surface area (Å²) in [6.07, 6.45) is 0.855. The van der Waals surface area contributed by atoms with Crippen LogP contribution in [0, 0.1) is 11.6 Å². The predicted molar refractivity (Wildman–Crippen MR) is 138 cm³/mol. The van der Waals surface area contributed by atoms with E-state index in [9.17, 15) is 26.8 Å². The second-order valence-corrected chi connectivity index (χ2v) is 11.3. The van der Waals surface area contributed by atoms with E-state index in [0.29, 0.717) is 15.6 Å². The van der Waals surface area contributed by atoms with Crippen LogP contribution >= 0.6 is 23.2 Å². The quantitative estimate of drug-likeness (QED) is 0.427. The van der Waals surface area contributed by atoms with Gasteiger partial charge in [-0.3, -0.25) is 13.9 Å². The van der Waals surface area contributed by atoms with E-state index < -0.39 is 33.6 Å². The standard InChI is InChI=1S/C24H29Cl2F2N3O4S/c1-15(2)29-24(33)16(3)30(14-18-19(25)7-5-8-20(18)26)23(32)9-6-12-31(36(4,34)35)17-10-11-21(27)22(28)13-17/h5,7-8,10-11,13,15-16H,6,9,12,14H2,1-4H3,(H,29,33)/t16-/m1/s1. The lowest BCUT2D eigenvalue weighted by Crippen LogP contribution is -2.49. The van der Waals surface area contributed by atoms with Crippen LogP contribution in [0.3, 0.4) is 0 Å². The smallest absolute Gasteiger partial charge is 0.242 e. The molecule has 0 aliphatic rings. The van der Waals surface area contributed by atoms with Crippen LogP contribution in [0.25, 0.3) is 0 Å². The molecule has 7 nitrogen and oxygen atoms in total. The molecule has 0 aromatic heterocycles. The SMILES string of the molecule is CC(C)NC(=O)[C@@H](C)N(Cc1c(Cl)cccc1Cl)C(=O)CCCN(c1ccc(F)c(F)c1)S(C)(=O)=O. The average Bonchev–Trinajstić information content (AvgIpc) is 2.76. The lowest BCUT2D eigenvalue weighted by atomic mass is 10.1. The maximum Gasteiger partial charge on any atom is 0.242 e. The maximum absolute atomic E-state index is 13.7. The summed E-state index contributed by atoms with van der Waals surface area (Å²) in [4.78, 5) is 27.3. The lowest BCUT2D eigenvalue weighted by Gasteiger charge is -2.30. The second kappa shape index (κ2) is 12.7. The number of nitrogens with zero attached hydrogens (tertiary/aromatic N) is 2. The molecule has 2 rings (SSSR count). The molecular formula is C24H29Cl2F2N3O4S. The summed E-state index contributed by atoms with van der Waals surface area (Å²) in [6.45, 7) is 4.95. The molecule has 12 heteroatoms. The molecule has 1 atom stereocenters. The molecule has 0 saturated carbocycles. The molecule has 2 aromatic carbocycles. The first kappa shape index (κ1) is 29.8. The van der Waals surface area contributed by atoms with Crippen LogP contribution in [-0.4, -0.2) is 50.0 Å². The third-order valence-electron chi connectivity index (χ3n) is 5.33. The first-order chi connectivity index (χ1) is 16.7. The van der Waals surface area contributed by atoms with Crippen molar-refractivity contribution in [3.05, 3.63) is 63.6 Å². The van der Waals surface area contributed by atoms with Crippen LogP contribution in [0.5, 0.6) is 0 Å². The van der Waals surface area contributed by atoms with Gasteiger partial charge in [-0.25, -0.2) is 17.2 Å². The summed E-state index contributed by atoms with van der Waals surface area (Å²) >= 11 is 12.6. The van der Waals surface area contributed by atoms with Crippen molar-refractivity contribution in [3.8, 4) is 0 Å². The Morgan fingerprint density at radius 2 is 1.64 bits per heavy atom. The van der Waals surface area contributed by atoms with E-state index in [4.69, 9.17) is 23.2 Å². The zero-order valence-corrected chi connectivity index (χ0v) is 22.7. The highest BCUT2D eigenvalue weighted by atomic mass is 35.5. The number of amides is 2. The number of benzene rings is 2. The van der Waals surface area contributed by atoms with E-state index in [1.54, 1.807) is 39.0 Å². The minimum Gasteiger partial charge on any atom is -0.352 e. The van der Waals surface area contributed by atoms with Crippen molar-refractivity contribution >= 4 is 50.7 Å². The Morgan fingerprint density at radius 1 is 1.03 bits per heavy atom. The highest BCUT2D eigenvalue weighted by molar-refractivity contribution is 7.92. The molecule has 0 saturated heterocycles. The van der Waals surface area contributed by atoms with E-state index in [0.717, 1.165) is 28.8 Å². The number of hydrogen-bond donors (Lipinski definition) is 1. The van der Waals surface area contributed by atoms with E-state index in [-0.39, 0.29) is 43.6 Å². The van der Waals surface area contributed by atoms with E-state index in [2.05, 4.69) is 5.32 Å². The minimum atomic E-state index is -3.85. The van der Waals surface area contributed by atoms with Crippen LogP contribution in [0.4, 0.5) is 14.5 Å². The molecule has 0 unspecified atom stereocenters. The van der Waals surface area contributed by atoms with E-state index >= 15 is 0 Å². The van der Waals surface area contributed by atoms with Crippen molar-refractivity contribution in [1.82, 2.24) is 10.2 Å². The topological polar surface area (TPSA) is 86.8 Å². The zero-order valence-electron chi connectivity index (χ0n) is 20.4. The first-order valence-corrected chi connectivity index (χ1v) is 13.8. The Kier molecular flexibility index (Phi) is 10.5. The van der Waals surface area contributed by atoms with E-state index in [1.165, 1.54) is 4.90 Å². The summed E-state index contributed by atoms with van der Waals surface area (Å²) in [5, 5.41) is 3.43.